The van der Waals surface area contributed by atoms with Crippen LogP contribution >= 0.6 is 11.6 Å². The van der Waals surface area contributed by atoms with Crippen LogP contribution in [0, 0.1) is 0 Å². The van der Waals surface area contributed by atoms with Crippen molar-refractivity contribution < 1.29 is 8.42 Å². The molecule has 18 heavy (non-hydrogen) atoms. The highest BCUT2D eigenvalue weighted by Gasteiger charge is 2.17. The van der Waals surface area contributed by atoms with E-state index in [0.717, 1.165) is 0 Å². The predicted molar refractivity (Wildman–Crippen MR) is 65.8 cm³/mol. The predicted octanol–water partition coefficient (Wildman–Crippen LogP) is 1.22. The highest BCUT2D eigenvalue weighted by Crippen LogP contribution is 2.13. The van der Waals surface area contributed by atoms with Gasteiger partial charge in [-0.05, 0) is 0 Å². The molecule has 0 saturated heterocycles. The second kappa shape index (κ2) is 4.91. The smallest absolute Gasteiger partial charge is 0.280 e. The lowest BCUT2D eigenvalue weighted by Crippen LogP contribution is -2.14. The molecule has 0 bridgehead atoms. The SMILES string of the molecule is CCc1ncc(S(=O)(=O)Nc2cncc(Cl)n2)[nH]1. The van der Waals surface area contributed by atoms with Gasteiger partial charge in [-0.1, -0.05) is 18.5 Å². The van der Waals surface area contributed by atoms with E-state index in [1.54, 1.807) is 0 Å². The van der Waals surface area contributed by atoms with Gasteiger partial charge >= 0.3 is 0 Å². The Bertz CT molecular complexity index is 654. The molecule has 0 amide bonds. The minimum Gasteiger partial charge on any atom is -0.332 e. The Labute approximate surface area is 109 Å². The highest BCUT2D eigenvalue weighted by atomic mass is 35.5. The molecule has 0 fully saturated rings. The van der Waals surface area contributed by atoms with Crippen molar-refractivity contribution in [1.82, 2.24) is 19.9 Å². The molecule has 96 valence electrons. The number of imidazole rings is 1. The van der Waals surface area contributed by atoms with Crippen LogP contribution in [-0.4, -0.2) is 28.4 Å². The van der Waals surface area contributed by atoms with Gasteiger partial charge in [-0.25, -0.2) is 9.97 Å². The minimum atomic E-state index is -3.75. The van der Waals surface area contributed by atoms with Crippen molar-refractivity contribution in [2.24, 2.45) is 0 Å². The number of aryl methyl sites for hydroxylation is 1. The summed E-state index contributed by atoms with van der Waals surface area (Å²) in [5.74, 6) is 0.641. The number of halogens is 1. The third kappa shape index (κ3) is 2.77. The first kappa shape index (κ1) is 12.8. The van der Waals surface area contributed by atoms with Gasteiger partial charge in [0.05, 0.1) is 18.6 Å². The van der Waals surface area contributed by atoms with E-state index in [1.807, 2.05) is 6.92 Å². The van der Waals surface area contributed by atoms with E-state index in [9.17, 15) is 8.42 Å². The van der Waals surface area contributed by atoms with E-state index in [-0.39, 0.29) is 16.0 Å². The number of aromatic nitrogens is 4. The molecule has 9 heteroatoms. The molecule has 0 aliphatic carbocycles. The van der Waals surface area contributed by atoms with Crippen LogP contribution in [0.1, 0.15) is 12.7 Å². The zero-order valence-corrected chi connectivity index (χ0v) is 11.0. The number of sulfonamides is 1. The van der Waals surface area contributed by atoms with E-state index in [0.29, 0.717) is 12.2 Å². The zero-order chi connectivity index (χ0) is 13.2. The summed E-state index contributed by atoms with van der Waals surface area (Å²) in [5, 5.41) is 0.0789. The number of nitrogens with one attached hydrogen (secondary N) is 2. The van der Waals surface area contributed by atoms with Gasteiger partial charge in [-0.15, -0.1) is 0 Å². The molecule has 2 rings (SSSR count). The molecule has 0 aliphatic heterocycles. The van der Waals surface area contributed by atoms with Gasteiger partial charge in [0.2, 0.25) is 0 Å². The standard InChI is InChI=1S/C9H10ClN5O2S/c1-2-7-12-5-9(14-7)18(16,17)15-8-4-11-3-6(10)13-8/h3-5H,2H2,1H3,(H,12,14)(H,13,15). The number of aromatic amines is 1. The maximum absolute atomic E-state index is 11.9. The van der Waals surface area contributed by atoms with Crippen LogP contribution in [0.25, 0.3) is 0 Å². The molecule has 2 aromatic heterocycles. The first-order valence-electron chi connectivity index (χ1n) is 5.05. The van der Waals surface area contributed by atoms with Crippen LogP contribution in [0.5, 0.6) is 0 Å². The van der Waals surface area contributed by atoms with E-state index >= 15 is 0 Å². The largest absolute Gasteiger partial charge is 0.332 e. The summed E-state index contributed by atoms with van der Waals surface area (Å²) in [4.78, 5) is 14.1. The molecule has 0 radical (unpaired) electrons. The Morgan fingerprint density at radius 2 is 2.17 bits per heavy atom. The lowest BCUT2D eigenvalue weighted by Gasteiger charge is -2.04. The molecule has 0 aliphatic rings. The lowest BCUT2D eigenvalue weighted by molar-refractivity contribution is 0.597. The summed E-state index contributed by atoms with van der Waals surface area (Å²) >= 11 is 5.62. The van der Waals surface area contributed by atoms with Gasteiger partial charge in [0.1, 0.15) is 11.0 Å². The fraction of sp³-hybridized carbons (Fsp3) is 0.222. The summed E-state index contributed by atoms with van der Waals surface area (Å²) in [6, 6.07) is 0. The van der Waals surface area contributed by atoms with Crippen molar-refractivity contribution in [3.8, 4) is 0 Å². The van der Waals surface area contributed by atoms with Gasteiger partial charge in [-0.2, -0.15) is 8.42 Å². The first-order valence-corrected chi connectivity index (χ1v) is 6.91. The summed E-state index contributed by atoms with van der Waals surface area (Å²) in [5.41, 5.74) is 0. The van der Waals surface area contributed by atoms with E-state index in [1.165, 1.54) is 18.6 Å². The quantitative estimate of drug-likeness (QED) is 0.880. The normalized spacial score (nSPS) is 11.4. The van der Waals surface area contributed by atoms with Crippen LogP contribution in [-0.2, 0) is 16.4 Å². The third-order valence-corrected chi connectivity index (χ3v) is 3.52. The van der Waals surface area contributed by atoms with E-state index in [2.05, 4.69) is 24.7 Å². The highest BCUT2D eigenvalue weighted by molar-refractivity contribution is 7.92. The zero-order valence-electron chi connectivity index (χ0n) is 9.38. The number of hydrogen-bond donors (Lipinski definition) is 2. The Morgan fingerprint density at radius 3 is 2.78 bits per heavy atom. The number of H-pyrrole nitrogens is 1. The molecular weight excluding hydrogens is 278 g/mol. The number of hydrogen-bond acceptors (Lipinski definition) is 5. The average molecular weight is 288 g/mol. The summed E-state index contributed by atoms with van der Waals surface area (Å²) in [7, 11) is -3.75. The number of nitrogens with zero attached hydrogens (tertiary/aromatic N) is 3. The summed E-state index contributed by atoms with van der Waals surface area (Å²) in [6.45, 7) is 1.87. The topological polar surface area (TPSA) is 101 Å². The molecule has 0 atom stereocenters. The Kier molecular flexibility index (Phi) is 3.48. The molecule has 2 aromatic rings. The van der Waals surface area contributed by atoms with Crippen LogP contribution < -0.4 is 4.72 Å². The molecule has 0 aromatic carbocycles. The van der Waals surface area contributed by atoms with Gasteiger partial charge < -0.3 is 4.98 Å². The molecule has 7 nitrogen and oxygen atoms in total. The Hall–Kier alpha value is -1.67. The fourth-order valence-corrected chi connectivity index (χ4v) is 2.32. The summed E-state index contributed by atoms with van der Waals surface area (Å²) in [6.07, 6.45) is 4.44. The Morgan fingerprint density at radius 1 is 1.39 bits per heavy atom. The number of anilines is 1. The van der Waals surface area contributed by atoms with Crippen molar-refractivity contribution in [1.29, 1.82) is 0 Å². The Balaban J connectivity index is 2.27. The van der Waals surface area contributed by atoms with Gasteiger partial charge in [0.25, 0.3) is 10.0 Å². The van der Waals surface area contributed by atoms with E-state index < -0.39 is 10.0 Å². The number of rotatable bonds is 4. The van der Waals surface area contributed by atoms with Gasteiger partial charge in [0.15, 0.2) is 10.8 Å². The van der Waals surface area contributed by atoms with Crippen molar-refractivity contribution in [2.75, 3.05) is 4.72 Å². The third-order valence-electron chi connectivity index (χ3n) is 2.07. The second-order valence-electron chi connectivity index (χ2n) is 3.38. The minimum absolute atomic E-state index is 0.0267. The van der Waals surface area contributed by atoms with Crippen molar-refractivity contribution in [2.45, 2.75) is 18.4 Å². The second-order valence-corrected chi connectivity index (χ2v) is 5.42. The average Bonchev–Trinajstić information content (AvgIpc) is 2.77. The van der Waals surface area contributed by atoms with Crippen molar-refractivity contribution in [3.05, 3.63) is 29.6 Å². The van der Waals surface area contributed by atoms with E-state index in [4.69, 9.17) is 11.6 Å². The first-order chi connectivity index (χ1) is 8.51. The van der Waals surface area contributed by atoms with Crippen molar-refractivity contribution >= 4 is 27.4 Å². The summed E-state index contributed by atoms with van der Waals surface area (Å²) < 4.78 is 26.2. The van der Waals surface area contributed by atoms with Crippen LogP contribution in [0.2, 0.25) is 5.15 Å². The maximum Gasteiger partial charge on any atom is 0.280 e. The molecule has 0 spiro atoms. The van der Waals surface area contributed by atoms with Crippen molar-refractivity contribution in [3.63, 3.8) is 0 Å². The molecule has 0 unspecified atom stereocenters. The molecule has 2 heterocycles. The maximum atomic E-state index is 11.9. The molecule has 2 N–H and O–H groups in total. The lowest BCUT2D eigenvalue weighted by atomic mass is 10.5. The van der Waals surface area contributed by atoms with Crippen LogP contribution in [0.3, 0.4) is 0 Å². The fourth-order valence-electron chi connectivity index (χ4n) is 1.24. The van der Waals surface area contributed by atoms with Gasteiger partial charge in [0, 0.05) is 6.42 Å². The van der Waals surface area contributed by atoms with Crippen LogP contribution in [0.4, 0.5) is 5.82 Å². The van der Waals surface area contributed by atoms with Crippen LogP contribution in [0.15, 0.2) is 23.6 Å². The molecule has 0 saturated carbocycles. The molecular formula is C9H10ClN5O2S. The monoisotopic (exact) mass is 287 g/mol. The van der Waals surface area contributed by atoms with Gasteiger partial charge in [-0.3, -0.25) is 9.71 Å².